The summed E-state index contributed by atoms with van der Waals surface area (Å²) in [4.78, 5) is 4.38. The van der Waals surface area contributed by atoms with Crippen molar-refractivity contribution in [1.82, 2.24) is 5.32 Å². The van der Waals surface area contributed by atoms with Gasteiger partial charge >= 0.3 is 0 Å². The summed E-state index contributed by atoms with van der Waals surface area (Å²) in [6.45, 7) is 2.11. The van der Waals surface area contributed by atoms with Gasteiger partial charge in [-0.25, -0.2) is 0 Å². The Kier molecular flexibility index (Phi) is 6.38. The molecule has 2 heterocycles. The third-order valence-electron chi connectivity index (χ3n) is 6.93. The lowest BCUT2D eigenvalue weighted by molar-refractivity contribution is 0.684. The lowest BCUT2D eigenvalue weighted by Crippen LogP contribution is -2.23. The van der Waals surface area contributed by atoms with Gasteiger partial charge in [0.15, 0.2) is 0 Å². The normalized spacial score (nSPS) is 28.6. The van der Waals surface area contributed by atoms with Crippen LogP contribution in [0.4, 0.5) is 0 Å². The Morgan fingerprint density at radius 2 is 1.81 bits per heavy atom. The van der Waals surface area contributed by atoms with Crippen molar-refractivity contribution >= 4 is 17.8 Å². The van der Waals surface area contributed by atoms with Gasteiger partial charge in [0.05, 0.1) is 0 Å². The fourth-order valence-electron chi connectivity index (χ4n) is 5.25. The van der Waals surface area contributed by atoms with E-state index in [1.807, 2.05) is 12.4 Å². The molecule has 1 N–H and O–H groups in total. The van der Waals surface area contributed by atoms with Crippen molar-refractivity contribution in [2.75, 3.05) is 13.1 Å². The number of nitrogens with zero attached hydrogens (tertiary/aromatic N) is 1. The Morgan fingerprint density at radius 1 is 0.871 bits per heavy atom. The minimum atomic E-state index is 0.376. The molecule has 0 radical (unpaired) electrons. The molecule has 3 aliphatic carbocycles. The average Bonchev–Trinajstić information content (AvgIpc) is 2.85. The molecular formula is C28H31ClN2. The molecular weight excluding hydrogens is 400 g/mol. The standard InChI is InChI=1S/C28H31ClN2/c29-28-16-26(22-7-1-5-20(13-22)24-9-3-11-30-18-24)15-27(17-28)23-8-2-6-21(14-23)25-10-4-12-31-19-25/h1,5,7-8,10-11,14-16,18,22,27,31H,2-4,6,9,12-13,17,19H2. The number of hydrogen-bond acceptors (Lipinski definition) is 2. The first-order valence-corrected chi connectivity index (χ1v) is 12.1. The Labute approximate surface area is 191 Å². The number of halogens is 1. The zero-order valence-corrected chi connectivity index (χ0v) is 18.9. The molecule has 3 heteroatoms. The van der Waals surface area contributed by atoms with E-state index in [9.17, 15) is 0 Å². The van der Waals surface area contributed by atoms with E-state index in [0.717, 1.165) is 63.1 Å². The summed E-state index contributed by atoms with van der Waals surface area (Å²) in [5.74, 6) is 0.766. The first kappa shape index (κ1) is 20.7. The maximum absolute atomic E-state index is 6.70. The Hall–Kier alpha value is -2.16. The Morgan fingerprint density at radius 3 is 2.65 bits per heavy atom. The van der Waals surface area contributed by atoms with E-state index in [-0.39, 0.29) is 0 Å². The monoisotopic (exact) mass is 430 g/mol. The van der Waals surface area contributed by atoms with E-state index in [1.54, 1.807) is 0 Å². The van der Waals surface area contributed by atoms with E-state index in [2.05, 4.69) is 58.9 Å². The molecule has 0 saturated carbocycles. The van der Waals surface area contributed by atoms with Crippen molar-refractivity contribution in [2.45, 2.75) is 44.9 Å². The third kappa shape index (κ3) is 4.86. The van der Waals surface area contributed by atoms with Crippen LogP contribution < -0.4 is 5.32 Å². The van der Waals surface area contributed by atoms with Crippen LogP contribution in [0, 0.1) is 11.8 Å². The van der Waals surface area contributed by atoms with E-state index in [0.29, 0.717) is 11.8 Å². The molecule has 5 rings (SSSR count). The summed E-state index contributed by atoms with van der Waals surface area (Å²) in [5, 5.41) is 4.50. The fourth-order valence-corrected chi connectivity index (χ4v) is 5.54. The third-order valence-corrected chi connectivity index (χ3v) is 7.20. The van der Waals surface area contributed by atoms with Crippen molar-refractivity contribution in [1.29, 1.82) is 0 Å². The van der Waals surface area contributed by atoms with Gasteiger partial charge in [-0.3, -0.25) is 4.99 Å². The molecule has 0 amide bonds. The minimum absolute atomic E-state index is 0.376. The summed E-state index contributed by atoms with van der Waals surface area (Å²) < 4.78 is 0. The molecule has 0 spiro atoms. The molecule has 160 valence electrons. The summed E-state index contributed by atoms with van der Waals surface area (Å²) in [5.41, 5.74) is 8.62. The maximum atomic E-state index is 6.70. The van der Waals surface area contributed by atoms with E-state index in [4.69, 9.17) is 11.6 Å². The second-order valence-corrected chi connectivity index (χ2v) is 9.57. The van der Waals surface area contributed by atoms with Crippen molar-refractivity contribution in [3.8, 4) is 0 Å². The molecule has 0 bridgehead atoms. The maximum Gasteiger partial charge on any atom is 0.0298 e. The Bertz CT molecular complexity index is 1010. The van der Waals surface area contributed by atoms with Crippen LogP contribution in [0.3, 0.4) is 0 Å². The van der Waals surface area contributed by atoms with Crippen molar-refractivity contribution in [3.63, 3.8) is 0 Å². The SMILES string of the molecule is ClC1=CC(C2C=CC=C(C3=CN=CCC3)C2)=CC(C2=CCCC(C3=CCCNC3)=C2)C1. The lowest BCUT2D eigenvalue weighted by atomic mass is 9.78. The molecule has 0 aromatic carbocycles. The van der Waals surface area contributed by atoms with E-state index < -0.39 is 0 Å². The molecule has 2 unspecified atom stereocenters. The smallest absolute Gasteiger partial charge is 0.0298 e. The van der Waals surface area contributed by atoms with Gasteiger partial charge in [0.25, 0.3) is 0 Å². The van der Waals surface area contributed by atoms with Crippen LogP contribution in [0.15, 0.2) is 98.3 Å². The summed E-state index contributed by atoms with van der Waals surface area (Å²) >= 11 is 6.70. The molecule has 0 aromatic rings. The Balaban J connectivity index is 1.36. The van der Waals surface area contributed by atoms with Crippen LogP contribution >= 0.6 is 11.6 Å². The van der Waals surface area contributed by atoms with Gasteiger partial charge in [0.2, 0.25) is 0 Å². The van der Waals surface area contributed by atoms with Gasteiger partial charge < -0.3 is 5.32 Å². The molecule has 31 heavy (non-hydrogen) atoms. The number of hydrogen-bond donors (Lipinski definition) is 1. The highest BCUT2D eigenvalue weighted by Crippen LogP contribution is 2.40. The lowest BCUT2D eigenvalue weighted by Gasteiger charge is -2.28. The zero-order chi connectivity index (χ0) is 21.0. The summed E-state index contributed by atoms with van der Waals surface area (Å²) in [6, 6.07) is 0. The van der Waals surface area contributed by atoms with Crippen LogP contribution in [-0.2, 0) is 0 Å². The largest absolute Gasteiger partial charge is 0.312 e. The van der Waals surface area contributed by atoms with Gasteiger partial charge in [0.1, 0.15) is 0 Å². The minimum Gasteiger partial charge on any atom is -0.312 e. The molecule has 0 aromatic heterocycles. The second-order valence-electron chi connectivity index (χ2n) is 9.09. The quantitative estimate of drug-likeness (QED) is 0.516. The topological polar surface area (TPSA) is 24.4 Å². The summed E-state index contributed by atoms with van der Waals surface area (Å²) in [6.07, 6.45) is 30.4. The van der Waals surface area contributed by atoms with Crippen molar-refractivity contribution in [2.24, 2.45) is 16.8 Å². The molecule has 0 saturated heterocycles. The predicted molar refractivity (Wildman–Crippen MR) is 132 cm³/mol. The molecule has 2 nitrogen and oxygen atoms in total. The van der Waals surface area contributed by atoms with Gasteiger partial charge in [-0.15, -0.1) is 0 Å². The first-order chi connectivity index (χ1) is 15.3. The highest BCUT2D eigenvalue weighted by atomic mass is 35.5. The average molecular weight is 431 g/mol. The number of allylic oxidation sites excluding steroid dienone is 12. The molecule has 2 aliphatic heterocycles. The number of nitrogens with one attached hydrogen (secondary N) is 1. The zero-order valence-electron chi connectivity index (χ0n) is 18.1. The second kappa shape index (κ2) is 9.54. The fraction of sp³-hybridized carbons (Fsp3) is 0.393. The van der Waals surface area contributed by atoms with Crippen molar-refractivity contribution < 1.29 is 0 Å². The summed E-state index contributed by atoms with van der Waals surface area (Å²) in [7, 11) is 0. The molecule has 0 fully saturated rings. The van der Waals surface area contributed by atoms with Crippen molar-refractivity contribution in [3.05, 3.63) is 93.3 Å². The van der Waals surface area contributed by atoms with Crippen LogP contribution in [0.2, 0.25) is 0 Å². The van der Waals surface area contributed by atoms with Crippen LogP contribution in [-0.4, -0.2) is 19.3 Å². The van der Waals surface area contributed by atoms with Gasteiger partial charge in [0, 0.05) is 35.8 Å². The number of rotatable bonds is 4. The van der Waals surface area contributed by atoms with E-state index >= 15 is 0 Å². The first-order valence-electron chi connectivity index (χ1n) is 11.7. The molecule has 2 atom stereocenters. The van der Waals surface area contributed by atoms with Gasteiger partial charge in [-0.2, -0.15) is 0 Å². The van der Waals surface area contributed by atoms with Gasteiger partial charge in [-0.1, -0.05) is 54.1 Å². The van der Waals surface area contributed by atoms with E-state index in [1.165, 1.54) is 33.4 Å². The highest BCUT2D eigenvalue weighted by Gasteiger charge is 2.25. The predicted octanol–water partition coefficient (Wildman–Crippen LogP) is 6.87. The van der Waals surface area contributed by atoms with Crippen LogP contribution in [0.1, 0.15) is 44.9 Å². The molecule has 5 aliphatic rings. The highest BCUT2D eigenvalue weighted by molar-refractivity contribution is 6.29. The number of aliphatic imine (C=N–C) groups is 1. The van der Waals surface area contributed by atoms with Crippen LogP contribution in [0.5, 0.6) is 0 Å². The van der Waals surface area contributed by atoms with Crippen LogP contribution in [0.25, 0.3) is 0 Å². The van der Waals surface area contributed by atoms with Gasteiger partial charge in [-0.05, 0) is 91.0 Å².